The Balaban J connectivity index is 2.05. The molecule has 0 spiro atoms. The second-order valence-corrected chi connectivity index (χ2v) is 6.46. The van der Waals surface area contributed by atoms with Gasteiger partial charge in [0.25, 0.3) is 0 Å². The third kappa shape index (κ3) is 3.63. The van der Waals surface area contributed by atoms with E-state index >= 15 is 0 Å². The molecule has 7 heteroatoms. The van der Waals surface area contributed by atoms with Gasteiger partial charge in [-0.05, 0) is 23.8 Å². The third-order valence-corrected chi connectivity index (χ3v) is 4.24. The van der Waals surface area contributed by atoms with Crippen LogP contribution in [-0.4, -0.2) is 14.4 Å². The van der Waals surface area contributed by atoms with E-state index in [0.29, 0.717) is 22.6 Å². The summed E-state index contributed by atoms with van der Waals surface area (Å²) in [5, 5.41) is 8.11. The molecule has 0 saturated heterocycles. The van der Waals surface area contributed by atoms with Crippen molar-refractivity contribution in [3.63, 3.8) is 0 Å². The Kier molecular flexibility index (Phi) is 4.53. The van der Waals surface area contributed by atoms with E-state index in [-0.39, 0.29) is 5.75 Å². The van der Waals surface area contributed by atoms with Crippen molar-refractivity contribution < 1.29 is 8.63 Å². The Labute approximate surface area is 120 Å². The van der Waals surface area contributed by atoms with Gasteiger partial charge in [0.1, 0.15) is 5.75 Å². The van der Waals surface area contributed by atoms with Crippen molar-refractivity contribution in [2.75, 3.05) is 0 Å². The van der Waals surface area contributed by atoms with Gasteiger partial charge >= 0.3 is 0 Å². The van der Waals surface area contributed by atoms with Crippen LogP contribution < -0.4 is 0 Å². The molecule has 0 bridgehead atoms. The topological polar surface area (TPSA) is 56.0 Å². The largest absolute Gasteiger partial charge is 0.425 e. The molecule has 0 saturated carbocycles. The molecule has 2 aromatic rings. The average molecular weight is 350 g/mol. The molecule has 0 aliphatic heterocycles. The van der Waals surface area contributed by atoms with E-state index in [1.807, 2.05) is 12.1 Å². The number of rotatable bonds is 4. The zero-order chi connectivity index (χ0) is 13.1. The van der Waals surface area contributed by atoms with Crippen LogP contribution in [0.5, 0.6) is 0 Å². The molecule has 0 unspecified atom stereocenters. The normalized spacial score (nSPS) is 12.6. The molecule has 0 N–H and O–H groups in total. The summed E-state index contributed by atoms with van der Waals surface area (Å²) in [5.41, 5.74) is 0.834. The minimum atomic E-state index is -1.13. The Morgan fingerprint density at radius 1 is 1.39 bits per heavy atom. The first-order chi connectivity index (χ1) is 8.54. The Morgan fingerprint density at radius 2 is 2.17 bits per heavy atom. The molecule has 0 aliphatic carbocycles. The lowest BCUT2D eigenvalue weighted by Gasteiger charge is -2.04. The van der Waals surface area contributed by atoms with Gasteiger partial charge in [-0.25, -0.2) is 0 Å². The lowest BCUT2D eigenvalue weighted by atomic mass is 10.2. The number of aryl methyl sites for hydroxylation is 1. The number of halogens is 2. The van der Waals surface area contributed by atoms with Crippen LogP contribution in [0.25, 0.3) is 0 Å². The molecule has 1 aromatic heterocycles. The Hall–Kier alpha value is -0.720. The lowest BCUT2D eigenvalue weighted by molar-refractivity contribution is 0.483. The summed E-state index contributed by atoms with van der Waals surface area (Å²) in [6, 6.07) is 5.48. The molecular formula is C11H10BrClN2O2S. The van der Waals surface area contributed by atoms with E-state index in [1.54, 1.807) is 13.0 Å². The highest BCUT2D eigenvalue weighted by Crippen LogP contribution is 2.22. The first kappa shape index (κ1) is 13.7. The molecule has 0 fully saturated rings. The molecule has 0 aliphatic rings. The molecule has 4 nitrogen and oxygen atoms in total. The van der Waals surface area contributed by atoms with Crippen molar-refractivity contribution >= 4 is 38.3 Å². The van der Waals surface area contributed by atoms with Crippen molar-refractivity contribution in [3.05, 3.63) is 45.0 Å². The average Bonchev–Trinajstić information content (AvgIpc) is 2.69. The molecule has 1 atom stereocenters. The van der Waals surface area contributed by atoms with Crippen LogP contribution in [0.4, 0.5) is 0 Å². The van der Waals surface area contributed by atoms with Gasteiger partial charge in [0.15, 0.2) is 0 Å². The van der Waals surface area contributed by atoms with Crippen LogP contribution in [-0.2, 0) is 22.3 Å². The van der Waals surface area contributed by atoms with Gasteiger partial charge in [-0.15, -0.1) is 10.2 Å². The highest BCUT2D eigenvalue weighted by atomic mass is 79.9. The molecule has 18 heavy (non-hydrogen) atoms. The maximum absolute atomic E-state index is 12.0. The summed E-state index contributed by atoms with van der Waals surface area (Å²) in [6.45, 7) is 1.70. The fourth-order valence-electron chi connectivity index (χ4n) is 1.41. The summed E-state index contributed by atoms with van der Waals surface area (Å²) < 4.78 is 18.1. The van der Waals surface area contributed by atoms with Gasteiger partial charge in [-0.2, -0.15) is 0 Å². The Bertz CT molecular complexity index is 588. The third-order valence-electron chi connectivity index (χ3n) is 2.18. The van der Waals surface area contributed by atoms with Crippen LogP contribution >= 0.6 is 27.5 Å². The van der Waals surface area contributed by atoms with Gasteiger partial charge in [0.2, 0.25) is 11.8 Å². The Morgan fingerprint density at radius 3 is 2.83 bits per heavy atom. The van der Waals surface area contributed by atoms with Crippen LogP contribution in [0.2, 0.25) is 5.02 Å². The van der Waals surface area contributed by atoms with Crippen LogP contribution in [0.3, 0.4) is 0 Å². The smallest absolute Gasteiger partial charge is 0.228 e. The molecule has 0 amide bonds. The lowest BCUT2D eigenvalue weighted by Crippen LogP contribution is -2.00. The molecule has 2 rings (SSSR count). The highest BCUT2D eigenvalue weighted by molar-refractivity contribution is 9.10. The van der Waals surface area contributed by atoms with Crippen molar-refractivity contribution in [3.8, 4) is 0 Å². The predicted octanol–water partition coefficient (Wildman–Crippen LogP) is 3.24. The quantitative estimate of drug-likeness (QED) is 0.850. The fraction of sp³-hybridized carbons (Fsp3) is 0.273. The van der Waals surface area contributed by atoms with Crippen LogP contribution in [0.1, 0.15) is 17.3 Å². The van der Waals surface area contributed by atoms with E-state index in [0.717, 1.165) is 10.0 Å². The SMILES string of the molecule is Cc1nnc(C[S@@](=O)Cc2cc(Br)ccc2Cl)o1. The van der Waals surface area contributed by atoms with E-state index in [1.165, 1.54) is 0 Å². The molecule has 0 radical (unpaired) electrons. The van der Waals surface area contributed by atoms with Crippen molar-refractivity contribution in [2.45, 2.75) is 18.4 Å². The number of nitrogens with zero attached hydrogens (tertiary/aromatic N) is 2. The molecule has 1 aromatic carbocycles. The zero-order valence-electron chi connectivity index (χ0n) is 9.52. The monoisotopic (exact) mass is 348 g/mol. The summed E-state index contributed by atoms with van der Waals surface area (Å²) >= 11 is 9.40. The number of hydrogen-bond donors (Lipinski definition) is 0. The van der Waals surface area contributed by atoms with Crippen LogP contribution in [0, 0.1) is 6.92 Å². The summed E-state index contributed by atoms with van der Waals surface area (Å²) in [4.78, 5) is 0. The van der Waals surface area contributed by atoms with E-state index in [9.17, 15) is 4.21 Å². The zero-order valence-corrected chi connectivity index (χ0v) is 12.7. The number of hydrogen-bond acceptors (Lipinski definition) is 4. The second kappa shape index (κ2) is 5.95. The van der Waals surface area contributed by atoms with Gasteiger partial charge in [0.05, 0.1) is 5.75 Å². The van der Waals surface area contributed by atoms with Gasteiger partial charge < -0.3 is 4.42 Å². The summed E-state index contributed by atoms with van der Waals surface area (Å²) in [5.74, 6) is 1.46. The highest BCUT2D eigenvalue weighted by Gasteiger charge is 2.11. The number of aromatic nitrogens is 2. The van der Waals surface area contributed by atoms with Crippen molar-refractivity contribution in [1.82, 2.24) is 10.2 Å². The maximum atomic E-state index is 12.0. The standard InChI is InChI=1S/C11H10BrClN2O2S/c1-7-14-15-11(17-7)6-18(16)5-8-4-9(12)2-3-10(8)13/h2-4H,5-6H2,1H3/t18-/m0/s1. The molecule has 96 valence electrons. The van der Waals surface area contributed by atoms with Gasteiger partial charge in [0, 0.05) is 27.2 Å². The predicted molar refractivity (Wildman–Crippen MR) is 73.7 cm³/mol. The minimum Gasteiger partial charge on any atom is -0.425 e. The summed E-state index contributed by atoms with van der Waals surface area (Å²) in [6.07, 6.45) is 0. The van der Waals surface area contributed by atoms with Crippen LogP contribution in [0.15, 0.2) is 27.1 Å². The maximum Gasteiger partial charge on any atom is 0.228 e. The fourth-order valence-corrected chi connectivity index (χ4v) is 3.16. The minimum absolute atomic E-state index is 0.240. The van der Waals surface area contributed by atoms with Gasteiger partial charge in [-0.3, -0.25) is 4.21 Å². The van der Waals surface area contributed by atoms with E-state index < -0.39 is 10.8 Å². The van der Waals surface area contributed by atoms with Gasteiger partial charge in [-0.1, -0.05) is 27.5 Å². The summed E-state index contributed by atoms with van der Waals surface area (Å²) in [7, 11) is -1.13. The number of benzene rings is 1. The van der Waals surface area contributed by atoms with E-state index in [2.05, 4.69) is 26.1 Å². The first-order valence-electron chi connectivity index (χ1n) is 5.12. The van der Waals surface area contributed by atoms with Crippen molar-refractivity contribution in [1.29, 1.82) is 0 Å². The van der Waals surface area contributed by atoms with Crippen molar-refractivity contribution in [2.24, 2.45) is 0 Å². The first-order valence-corrected chi connectivity index (χ1v) is 7.78. The second-order valence-electron chi connectivity index (χ2n) is 3.68. The molecular weight excluding hydrogens is 340 g/mol. The van der Waals surface area contributed by atoms with E-state index in [4.69, 9.17) is 16.0 Å². The molecule has 1 heterocycles.